The number of aromatic nitrogens is 2. The lowest BCUT2D eigenvalue weighted by Crippen LogP contribution is -2.16. The first kappa shape index (κ1) is 13.3. The standard InChI is InChI=1S/C15H16ClN3O/c1-9-7-10(16)3-4-11(9)15-18-13-5-6-20-8-12(13)14(17-2)19-15/h3-4,7H,5-6,8H2,1-2H3,(H,17,18,19). The van der Waals surface area contributed by atoms with Crippen molar-refractivity contribution in [3.05, 3.63) is 40.0 Å². The van der Waals surface area contributed by atoms with Gasteiger partial charge in [0.25, 0.3) is 0 Å². The van der Waals surface area contributed by atoms with Gasteiger partial charge >= 0.3 is 0 Å². The van der Waals surface area contributed by atoms with Crippen molar-refractivity contribution in [3.8, 4) is 11.4 Å². The van der Waals surface area contributed by atoms with Crippen molar-refractivity contribution in [1.29, 1.82) is 0 Å². The Morgan fingerprint density at radius 1 is 1.30 bits per heavy atom. The number of hydrogen-bond acceptors (Lipinski definition) is 4. The maximum Gasteiger partial charge on any atom is 0.162 e. The van der Waals surface area contributed by atoms with Crippen LogP contribution in [0, 0.1) is 6.92 Å². The van der Waals surface area contributed by atoms with Crippen molar-refractivity contribution in [3.63, 3.8) is 0 Å². The van der Waals surface area contributed by atoms with Gasteiger partial charge in [0.2, 0.25) is 0 Å². The lowest BCUT2D eigenvalue weighted by atomic mass is 10.1. The summed E-state index contributed by atoms with van der Waals surface area (Å²) in [5, 5.41) is 3.87. The number of halogens is 1. The van der Waals surface area contributed by atoms with Crippen LogP contribution in [0.1, 0.15) is 16.8 Å². The van der Waals surface area contributed by atoms with Crippen LogP contribution in [0.2, 0.25) is 5.02 Å². The van der Waals surface area contributed by atoms with E-state index in [1.165, 1.54) is 0 Å². The molecule has 0 aliphatic carbocycles. The Balaban J connectivity index is 2.14. The first-order valence-corrected chi connectivity index (χ1v) is 6.98. The Bertz CT molecular complexity index is 641. The minimum atomic E-state index is 0.575. The molecule has 0 radical (unpaired) electrons. The number of fused-ring (bicyclic) bond motifs is 1. The number of aryl methyl sites for hydroxylation is 1. The van der Waals surface area contributed by atoms with E-state index in [-0.39, 0.29) is 0 Å². The van der Waals surface area contributed by atoms with E-state index in [4.69, 9.17) is 21.3 Å². The molecular formula is C15H16ClN3O. The van der Waals surface area contributed by atoms with Crippen molar-refractivity contribution in [2.24, 2.45) is 0 Å². The average molecular weight is 290 g/mol. The molecule has 2 aromatic rings. The predicted molar refractivity (Wildman–Crippen MR) is 80.1 cm³/mol. The Hall–Kier alpha value is -1.65. The first-order chi connectivity index (χ1) is 9.69. The molecule has 0 saturated heterocycles. The maximum atomic E-state index is 6.01. The summed E-state index contributed by atoms with van der Waals surface area (Å²) in [6.07, 6.45) is 0.826. The van der Waals surface area contributed by atoms with Crippen LogP contribution in [0.4, 0.5) is 5.82 Å². The molecule has 5 heteroatoms. The Labute approximate surface area is 123 Å². The molecule has 0 amide bonds. The normalized spacial score (nSPS) is 13.9. The van der Waals surface area contributed by atoms with Gasteiger partial charge in [-0.1, -0.05) is 11.6 Å². The molecule has 0 saturated carbocycles. The molecule has 0 fully saturated rings. The van der Waals surface area contributed by atoms with Crippen molar-refractivity contribution in [2.75, 3.05) is 19.0 Å². The number of anilines is 1. The molecule has 0 unspecified atom stereocenters. The molecule has 0 atom stereocenters. The molecule has 20 heavy (non-hydrogen) atoms. The van der Waals surface area contributed by atoms with E-state index in [0.29, 0.717) is 13.2 Å². The van der Waals surface area contributed by atoms with Gasteiger partial charge < -0.3 is 10.1 Å². The van der Waals surface area contributed by atoms with Crippen LogP contribution < -0.4 is 5.32 Å². The van der Waals surface area contributed by atoms with Crippen LogP contribution in [0.5, 0.6) is 0 Å². The van der Waals surface area contributed by atoms with Gasteiger partial charge in [-0.25, -0.2) is 9.97 Å². The zero-order chi connectivity index (χ0) is 14.1. The van der Waals surface area contributed by atoms with Gasteiger partial charge in [0.05, 0.1) is 18.9 Å². The molecule has 0 spiro atoms. The van der Waals surface area contributed by atoms with Gasteiger partial charge in [-0.15, -0.1) is 0 Å². The largest absolute Gasteiger partial charge is 0.376 e. The van der Waals surface area contributed by atoms with Gasteiger partial charge in [0.15, 0.2) is 5.82 Å². The number of hydrogen-bond donors (Lipinski definition) is 1. The maximum absolute atomic E-state index is 6.01. The van der Waals surface area contributed by atoms with Gasteiger partial charge in [-0.05, 0) is 30.7 Å². The molecule has 1 aromatic carbocycles. The third-order valence-electron chi connectivity index (χ3n) is 3.49. The molecule has 1 aliphatic heterocycles. The van der Waals surface area contributed by atoms with Gasteiger partial charge in [0, 0.05) is 29.6 Å². The number of nitrogens with zero attached hydrogens (tertiary/aromatic N) is 2. The third kappa shape index (κ3) is 2.37. The van der Waals surface area contributed by atoms with E-state index >= 15 is 0 Å². The minimum absolute atomic E-state index is 0.575. The summed E-state index contributed by atoms with van der Waals surface area (Å²) in [6, 6.07) is 5.77. The summed E-state index contributed by atoms with van der Waals surface area (Å²) in [7, 11) is 1.87. The molecule has 0 bridgehead atoms. The summed E-state index contributed by atoms with van der Waals surface area (Å²) in [5.74, 6) is 1.59. The van der Waals surface area contributed by atoms with Gasteiger partial charge in [-0.2, -0.15) is 0 Å². The van der Waals surface area contributed by atoms with Crippen molar-refractivity contribution >= 4 is 17.4 Å². The van der Waals surface area contributed by atoms with E-state index in [0.717, 1.165) is 45.5 Å². The highest BCUT2D eigenvalue weighted by Gasteiger charge is 2.18. The van der Waals surface area contributed by atoms with Crippen LogP contribution >= 0.6 is 11.6 Å². The number of benzene rings is 1. The highest BCUT2D eigenvalue weighted by Crippen LogP contribution is 2.28. The molecule has 2 heterocycles. The van der Waals surface area contributed by atoms with Crippen LogP contribution in [0.3, 0.4) is 0 Å². The lowest BCUT2D eigenvalue weighted by Gasteiger charge is -2.19. The molecule has 3 rings (SSSR count). The predicted octanol–water partition coefficient (Wildman–Crippen LogP) is 3.22. The summed E-state index contributed by atoms with van der Waals surface area (Å²) in [5.41, 5.74) is 4.22. The SMILES string of the molecule is CNc1nc(-c2ccc(Cl)cc2C)nc2c1COCC2. The number of nitrogens with one attached hydrogen (secondary N) is 1. The Morgan fingerprint density at radius 2 is 2.15 bits per heavy atom. The summed E-state index contributed by atoms with van der Waals surface area (Å²) in [4.78, 5) is 9.33. The Kier molecular flexibility index (Phi) is 3.59. The average Bonchev–Trinajstić information content (AvgIpc) is 2.46. The monoisotopic (exact) mass is 289 g/mol. The smallest absolute Gasteiger partial charge is 0.162 e. The summed E-state index contributed by atoms with van der Waals surface area (Å²) < 4.78 is 5.49. The fourth-order valence-electron chi connectivity index (χ4n) is 2.44. The van der Waals surface area contributed by atoms with Gasteiger partial charge in [-0.3, -0.25) is 0 Å². The number of rotatable bonds is 2. The van der Waals surface area contributed by atoms with Crippen molar-refractivity contribution < 1.29 is 4.74 Å². The minimum Gasteiger partial charge on any atom is -0.376 e. The topological polar surface area (TPSA) is 47.0 Å². The van der Waals surface area contributed by atoms with E-state index in [2.05, 4.69) is 10.3 Å². The second-order valence-electron chi connectivity index (χ2n) is 4.83. The fraction of sp³-hybridized carbons (Fsp3) is 0.333. The summed E-state index contributed by atoms with van der Waals surface area (Å²) >= 11 is 6.01. The zero-order valence-electron chi connectivity index (χ0n) is 11.5. The highest BCUT2D eigenvalue weighted by molar-refractivity contribution is 6.30. The first-order valence-electron chi connectivity index (χ1n) is 6.61. The molecular weight excluding hydrogens is 274 g/mol. The van der Waals surface area contributed by atoms with Crippen LogP contribution in [0.15, 0.2) is 18.2 Å². The van der Waals surface area contributed by atoms with Crippen LogP contribution in [0.25, 0.3) is 11.4 Å². The molecule has 104 valence electrons. The van der Waals surface area contributed by atoms with Crippen LogP contribution in [-0.4, -0.2) is 23.6 Å². The lowest BCUT2D eigenvalue weighted by molar-refractivity contribution is 0.109. The summed E-state index contributed by atoms with van der Waals surface area (Å²) in [6.45, 7) is 3.31. The van der Waals surface area contributed by atoms with E-state index < -0.39 is 0 Å². The third-order valence-corrected chi connectivity index (χ3v) is 3.72. The fourth-order valence-corrected chi connectivity index (χ4v) is 2.66. The second kappa shape index (κ2) is 5.38. The zero-order valence-corrected chi connectivity index (χ0v) is 12.3. The van der Waals surface area contributed by atoms with Gasteiger partial charge in [0.1, 0.15) is 5.82 Å². The number of ether oxygens (including phenoxy) is 1. The quantitative estimate of drug-likeness (QED) is 0.922. The molecule has 1 aromatic heterocycles. The molecule has 4 nitrogen and oxygen atoms in total. The second-order valence-corrected chi connectivity index (χ2v) is 5.27. The van der Waals surface area contributed by atoms with E-state index in [1.54, 1.807) is 0 Å². The highest BCUT2D eigenvalue weighted by atomic mass is 35.5. The van der Waals surface area contributed by atoms with Crippen LogP contribution in [-0.2, 0) is 17.8 Å². The van der Waals surface area contributed by atoms with Crippen molar-refractivity contribution in [2.45, 2.75) is 20.0 Å². The van der Waals surface area contributed by atoms with Crippen molar-refractivity contribution in [1.82, 2.24) is 9.97 Å². The molecule has 1 aliphatic rings. The van der Waals surface area contributed by atoms with E-state index in [9.17, 15) is 0 Å². The Morgan fingerprint density at radius 3 is 2.90 bits per heavy atom. The van der Waals surface area contributed by atoms with E-state index in [1.807, 2.05) is 32.2 Å². The molecule has 1 N–H and O–H groups in total.